The van der Waals surface area contributed by atoms with Gasteiger partial charge >= 0.3 is 107 Å². The number of ether oxygens (including phenoxy) is 1. The lowest BCUT2D eigenvalue weighted by molar-refractivity contribution is -0.462. The normalized spacial score (nSPS) is 16.3. The molecule has 0 aromatic carbocycles. The summed E-state index contributed by atoms with van der Waals surface area (Å²) in [5.41, 5.74) is 0. The van der Waals surface area contributed by atoms with Crippen molar-refractivity contribution in [2.75, 3.05) is 0 Å². The van der Waals surface area contributed by atoms with Crippen LogP contribution in [0.4, 0.5) is 167 Å². The lowest BCUT2D eigenvalue weighted by Crippen LogP contribution is -2.74. The van der Waals surface area contributed by atoms with Crippen molar-refractivity contribution in [2.24, 2.45) is 0 Å². The van der Waals surface area contributed by atoms with Crippen LogP contribution in [0, 0.1) is 0 Å². The van der Waals surface area contributed by atoms with Crippen LogP contribution in [0.25, 0.3) is 0 Å². The van der Waals surface area contributed by atoms with E-state index in [1.165, 1.54) is 4.74 Å². The standard InChI is InChI=1S/C20F38O/c21-3(22)1(5(25,26)7(29,30)9(33,34)11(37,38)13(41,42)15(45,46)17(49,50)19(53,54)55)59-2(4(23)24)6(27,28)8(31,32)10(35,36)12(39,40)14(43,44)16(47,48)18(51,52)20(56,57)58. The van der Waals surface area contributed by atoms with Gasteiger partial charge in [0.25, 0.3) is 0 Å². The van der Waals surface area contributed by atoms with Crippen LogP contribution in [0.15, 0.2) is 23.7 Å². The molecule has 0 rings (SSSR count). The van der Waals surface area contributed by atoms with E-state index < -0.39 is 119 Å². The zero-order valence-corrected chi connectivity index (χ0v) is 24.8. The van der Waals surface area contributed by atoms with Gasteiger partial charge < -0.3 is 4.74 Å². The zero-order chi connectivity index (χ0) is 49.0. The zero-order valence-electron chi connectivity index (χ0n) is 24.8. The molecule has 0 aliphatic rings. The molecule has 0 amide bonds. The molecule has 0 radical (unpaired) electrons. The van der Waals surface area contributed by atoms with Crippen LogP contribution in [-0.2, 0) is 4.74 Å². The van der Waals surface area contributed by atoms with Gasteiger partial charge in [-0.3, -0.25) is 0 Å². The van der Waals surface area contributed by atoms with Crippen LogP contribution in [0.2, 0.25) is 0 Å². The second-order valence-electron chi connectivity index (χ2n) is 10.3. The largest absolute Gasteiger partial charge is 0.460 e. The van der Waals surface area contributed by atoms with Crippen molar-refractivity contribution in [3.8, 4) is 0 Å². The van der Waals surface area contributed by atoms with Crippen LogP contribution >= 0.6 is 0 Å². The minimum atomic E-state index is -9.84. The van der Waals surface area contributed by atoms with E-state index in [0.29, 0.717) is 0 Å². The molecule has 0 atom stereocenters. The number of rotatable bonds is 16. The lowest BCUT2D eigenvalue weighted by atomic mass is 9.88. The summed E-state index contributed by atoms with van der Waals surface area (Å²) >= 11 is 0. The molecule has 0 aliphatic carbocycles. The Morgan fingerprint density at radius 3 is 0.475 bits per heavy atom. The molecule has 0 fully saturated rings. The molecule has 0 N–H and O–H groups in total. The van der Waals surface area contributed by atoms with Gasteiger partial charge in [-0.15, -0.1) is 0 Å². The molecule has 0 aliphatic heterocycles. The van der Waals surface area contributed by atoms with E-state index in [-0.39, 0.29) is 0 Å². The van der Waals surface area contributed by atoms with Crippen molar-refractivity contribution < 1.29 is 172 Å². The first-order chi connectivity index (χ1) is 24.9. The summed E-state index contributed by atoms with van der Waals surface area (Å²) in [4.78, 5) is 0. The fraction of sp³-hybridized carbons (Fsp3) is 0.800. The van der Waals surface area contributed by atoms with Gasteiger partial charge in [0.1, 0.15) is 0 Å². The molecule has 39 heteroatoms. The Bertz CT molecular complexity index is 1490. The Kier molecular flexibility index (Phi) is 13.3. The van der Waals surface area contributed by atoms with Crippen molar-refractivity contribution in [1.29, 1.82) is 0 Å². The van der Waals surface area contributed by atoms with Gasteiger partial charge in [-0.25, -0.2) is 0 Å². The predicted molar refractivity (Wildman–Crippen MR) is 101 cm³/mol. The molecular formula is C20F38O. The molecule has 0 bridgehead atoms. The minimum Gasteiger partial charge on any atom is -0.442 e. The number of allylic oxidation sites excluding steroid dienone is 2. The molecule has 352 valence electrons. The molecule has 0 heterocycles. The van der Waals surface area contributed by atoms with Crippen molar-refractivity contribution >= 4 is 0 Å². The van der Waals surface area contributed by atoms with Gasteiger partial charge in [0, 0.05) is 0 Å². The van der Waals surface area contributed by atoms with E-state index in [1.807, 2.05) is 0 Å². The molecule has 0 saturated heterocycles. The Labute approximate surface area is 292 Å². The smallest absolute Gasteiger partial charge is 0.442 e. The Morgan fingerprint density at radius 1 is 0.203 bits per heavy atom. The van der Waals surface area contributed by atoms with Crippen LogP contribution in [0.5, 0.6) is 0 Å². The fourth-order valence-corrected chi connectivity index (χ4v) is 3.16. The van der Waals surface area contributed by atoms with Gasteiger partial charge in [0.15, 0.2) is 0 Å². The molecule has 0 unspecified atom stereocenters. The summed E-state index contributed by atoms with van der Waals surface area (Å²) in [6.07, 6.45) is -28.4. The van der Waals surface area contributed by atoms with Gasteiger partial charge in [-0.05, 0) is 0 Å². The van der Waals surface area contributed by atoms with Gasteiger partial charge in [0.05, 0.1) is 0 Å². The van der Waals surface area contributed by atoms with Crippen molar-refractivity contribution in [1.82, 2.24) is 0 Å². The quantitative estimate of drug-likeness (QED) is 0.111. The van der Waals surface area contributed by atoms with E-state index in [4.69, 9.17) is 0 Å². The average molecular weight is 978 g/mol. The predicted octanol–water partition coefficient (Wildman–Crippen LogP) is 13.2. The van der Waals surface area contributed by atoms with Crippen LogP contribution in [0.1, 0.15) is 0 Å². The Morgan fingerprint density at radius 2 is 0.339 bits per heavy atom. The molecule has 0 spiro atoms. The van der Waals surface area contributed by atoms with E-state index in [9.17, 15) is 167 Å². The highest BCUT2D eigenvalue weighted by Gasteiger charge is 2.98. The van der Waals surface area contributed by atoms with E-state index in [1.54, 1.807) is 0 Å². The molecule has 0 aromatic rings. The number of halogens is 38. The SMILES string of the molecule is FC(F)=C(OC(=C(F)F)C(F)(F)C(F)(F)C(F)(F)C(F)(F)C(F)(F)C(F)(F)C(F)(F)C(F)(F)F)C(F)(F)C(F)(F)C(F)(F)C(F)(F)C(F)(F)C(F)(F)C(F)(F)C(F)(F)F. The molecule has 1 nitrogen and oxygen atoms in total. The van der Waals surface area contributed by atoms with Gasteiger partial charge in [0.2, 0.25) is 11.5 Å². The summed E-state index contributed by atoms with van der Waals surface area (Å²) in [5.74, 6) is -145. The van der Waals surface area contributed by atoms with Gasteiger partial charge in [-0.1, -0.05) is 0 Å². The maximum absolute atomic E-state index is 14.2. The second-order valence-corrected chi connectivity index (χ2v) is 10.3. The highest BCUT2D eigenvalue weighted by Crippen LogP contribution is 2.67. The monoisotopic (exact) mass is 978 g/mol. The van der Waals surface area contributed by atoms with E-state index in [0.717, 1.165) is 0 Å². The first kappa shape index (κ1) is 55.6. The van der Waals surface area contributed by atoms with E-state index in [2.05, 4.69) is 0 Å². The van der Waals surface area contributed by atoms with Crippen LogP contribution in [0.3, 0.4) is 0 Å². The number of hydrogen-bond donors (Lipinski definition) is 0. The highest BCUT2D eigenvalue weighted by molar-refractivity contribution is 5.26. The topological polar surface area (TPSA) is 9.23 Å². The summed E-state index contributed by atoms with van der Waals surface area (Å²) in [6, 6.07) is 0. The Balaban J connectivity index is 7.86. The highest BCUT2D eigenvalue weighted by atomic mass is 19.4. The maximum Gasteiger partial charge on any atom is 0.460 e. The fourth-order valence-electron chi connectivity index (χ4n) is 3.16. The van der Waals surface area contributed by atoms with Crippen LogP contribution in [-0.4, -0.2) is 95.3 Å². The minimum absolute atomic E-state index is 1.43. The summed E-state index contributed by atoms with van der Waals surface area (Å²) in [5, 5.41) is 0. The third kappa shape index (κ3) is 7.04. The second kappa shape index (κ2) is 14.1. The maximum atomic E-state index is 14.2. The average Bonchev–Trinajstić information content (AvgIpc) is 2.98. The Hall–Kier alpha value is -3.38. The van der Waals surface area contributed by atoms with Gasteiger partial charge in [-0.2, -0.15) is 167 Å². The molecule has 0 aromatic heterocycles. The van der Waals surface area contributed by atoms with Crippen LogP contribution < -0.4 is 0 Å². The molecular weight excluding hydrogens is 978 g/mol. The van der Waals surface area contributed by atoms with Crippen molar-refractivity contribution in [2.45, 2.75) is 95.3 Å². The first-order valence-corrected chi connectivity index (χ1v) is 12.1. The first-order valence-electron chi connectivity index (χ1n) is 12.1. The summed E-state index contributed by atoms with van der Waals surface area (Å²) in [6.45, 7) is 0. The number of alkyl halides is 34. The van der Waals surface area contributed by atoms with Crippen molar-refractivity contribution in [3.63, 3.8) is 0 Å². The van der Waals surface area contributed by atoms with Crippen molar-refractivity contribution in [3.05, 3.63) is 23.7 Å². The number of hydrogen-bond acceptors (Lipinski definition) is 1. The molecule has 0 saturated carbocycles. The van der Waals surface area contributed by atoms with E-state index >= 15 is 0 Å². The summed E-state index contributed by atoms with van der Waals surface area (Å²) in [7, 11) is 0. The lowest BCUT2D eigenvalue weighted by Gasteiger charge is -2.43. The third-order valence-electron chi connectivity index (χ3n) is 6.56. The molecule has 59 heavy (non-hydrogen) atoms. The summed E-state index contributed by atoms with van der Waals surface area (Å²) < 4.78 is 508. The third-order valence-corrected chi connectivity index (χ3v) is 6.56.